The van der Waals surface area contributed by atoms with Crippen LogP contribution in [0.1, 0.15) is 12.0 Å². The molecule has 0 atom stereocenters. The van der Waals surface area contributed by atoms with Crippen LogP contribution < -0.4 is 15.0 Å². The lowest BCUT2D eigenvalue weighted by atomic mass is 10.2. The summed E-state index contributed by atoms with van der Waals surface area (Å²) in [7, 11) is 0. The van der Waals surface area contributed by atoms with Crippen molar-refractivity contribution in [3.63, 3.8) is 0 Å². The molecule has 1 aliphatic rings. The summed E-state index contributed by atoms with van der Waals surface area (Å²) in [5.41, 5.74) is 0.424. The Labute approximate surface area is 174 Å². The van der Waals surface area contributed by atoms with Gasteiger partial charge in [-0.25, -0.2) is 9.97 Å². The van der Waals surface area contributed by atoms with Crippen molar-refractivity contribution in [1.29, 1.82) is 0 Å². The molecule has 1 N–H and O–H groups in total. The quantitative estimate of drug-likeness (QED) is 0.499. The van der Waals surface area contributed by atoms with Gasteiger partial charge in [-0.15, -0.1) is 0 Å². The summed E-state index contributed by atoms with van der Waals surface area (Å²) < 4.78 is 29.3. The number of nitrogens with one attached hydrogen (secondary N) is 1. The lowest BCUT2D eigenvalue weighted by Crippen LogP contribution is -2.47. The number of piperazine rings is 1. The Morgan fingerprint density at radius 2 is 1.87 bits per heavy atom. The molecule has 3 rings (SSSR count). The summed E-state index contributed by atoms with van der Waals surface area (Å²) in [6.07, 6.45) is 7.11. The monoisotopic (exact) mass is 417 g/mol. The molecule has 0 bridgehead atoms. The van der Waals surface area contributed by atoms with Crippen molar-refractivity contribution in [3.8, 4) is 5.75 Å². The van der Waals surface area contributed by atoms with Crippen molar-refractivity contribution >= 4 is 17.9 Å². The van der Waals surface area contributed by atoms with E-state index in [1.165, 1.54) is 18.2 Å². The van der Waals surface area contributed by atoms with Crippen LogP contribution in [0.15, 0.2) is 48.8 Å². The maximum absolute atomic E-state index is 12.4. The minimum atomic E-state index is -2.91. The first kappa shape index (κ1) is 21.6. The largest absolute Gasteiger partial charge is 0.434 e. The fourth-order valence-electron chi connectivity index (χ4n) is 3.19. The van der Waals surface area contributed by atoms with Gasteiger partial charge in [-0.1, -0.05) is 18.2 Å². The molecule has 7 nitrogen and oxygen atoms in total. The predicted molar refractivity (Wildman–Crippen MR) is 110 cm³/mol. The molecule has 1 amide bonds. The van der Waals surface area contributed by atoms with Crippen molar-refractivity contribution in [3.05, 3.63) is 54.4 Å². The van der Waals surface area contributed by atoms with Crippen LogP contribution in [0, 0.1) is 0 Å². The van der Waals surface area contributed by atoms with E-state index in [9.17, 15) is 13.6 Å². The number of rotatable bonds is 9. The fourth-order valence-corrected chi connectivity index (χ4v) is 3.19. The van der Waals surface area contributed by atoms with Crippen LogP contribution in [0.25, 0.3) is 6.08 Å². The van der Waals surface area contributed by atoms with Gasteiger partial charge in [-0.3, -0.25) is 9.69 Å². The number of hydrogen-bond acceptors (Lipinski definition) is 6. The zero-order valence-corrected chi connectivity index (χ0v) is 16.6. The zero-order valence-electron chi connectivity index (χ0n) is 16.6. The van der Waals surface area contributed by atoms with Crippen molar-refractivity contribution in [2.75, 3.05) is 44.2 Å². The van der Waals surface area contributed by atoms with Crippen LogP contribution in [0.4, 0.5) is 14.7 Å². The first-order valence-corrected chi connectivity index (χ1v) is 9.86. The molecule has 0 spiro atoms. The molecule has 1 aromatic carbocycles. The predicted octanol–water partition coefficient (Wildman–Crippen LogP) is 2.42. The standard InChI is InChI=1S/C21H25F2N5O2/c22-20(23)30-18-6-2-1-5-17(18)7-8-19(29)24-11-4-12-27-13-15-28(16-14-27)21-25-9-3-10-26-21/h1-3,5-10,20H,4,11-16H2,(H,24,29)/b8-7+. The smallest absolute Gasteiger partial charge is 0.387 e. The third-order valence-corrected chi connectivity index (χ3v) is 4.71. The van der Waals surface area contributed by atoms with E-state index in [2.05, 4.69) is 29.8 Å². The van der Waals surface area contributed by atoms with E-state index >= 15 is 0 Å². The molecule has 0 saturated carbocycles. The number of para-hydroxylation sites is 1. The summed E-state index contributed by atoms with van der Waals surface area (Å²) in [5, 5.41) is 2.82. The average molecular weight is 417 g/mol. The molecule has 1 aliphatic heterocycles. The molecular weight excluding hydrogens is 392 g/mol. The highest BCUT2D eigenvalue weighted by molar-refractivity contribution is 5.92. The van der Waals surface area contributed by atoms with Gasteiger partial charge in [0.25, 0.3) is 0 Å². The molecule has 1 saturated heterocycles. The van der Waals surface area contributed by atoms with Crippen LogP contribution in [0.2, 0.25) is 0 Å². The molecule has 1 aromatic heterocycles. The number of hydrogen-bond donors (Lipinski definition) is 1. The Morgan fingerprint density at radius 3 is 2.60 bits per heavy atom. The summed E-state index contributed by atoms with van der Waals surface area (Å²) in [5.74, 6) is 0.529. The highest BCUT2D eigenvalue weighted by atomic mass is 19.3. The zero-order chi connectivity index (χ0) is 21.2. The number of carbonyl (C=O) groups excluding carboxylic acids is 1. The van der Waals surface area contributed by atoms with Crippen LogP contribution in [-0.2, 0) is 4.79 Å². The van der Waals surface area contributed by atoms with Gasteiger partial charge in [0.2, 0.25) is 11.9 Å². The molecule has 1 fully saturated rings. The summed E-state index contributed by atoms with van der Waals surface area (Å²) >= 11 is 0. The summed E-state index contributed by atoms with van der Waals surface area (Å²) in [6.45, 7) is 2.12. The number of alkyl halides is 2. The van der Waals surface area contributed by atoms with Crippen LogP contribution in [-0.4, -0.2) is 66.7 Å². The number of halogens is 2. The second kappa shape index (κ2) is 11.2. The van der Waals surface area contributed by atoms with E-state index < -0.39 is 6.61 Å². The van der Waals surface area contributed by atoms with Crippen molar-refractivity contribution < 1.29 is 18.3 Å². The number of nitrogens with zero attached hydrogens (tertiary/aromatic N) is 4. The molecule has 9 heteroatoms. The number of benzene rings is 1. The van der Waals surface area contributed by atoms with Crippen LogP contribution in [0.5, 0.6) is 5.75 Å². The van der Waals surface area contributed by atoms with Gasteiger partial charge < -0.3 is 15.0 Å². The Kier molecular flexibility index (Phi) is 8.08. The first-order chi connectivity index (χ1) is 14.6. The molecule has 0 unspecified atom stereocenters. The average Bonchev–Trinajstić information content (AvgIpc) is 2.77. The van der Waals surface area contributed by atoms with Gasteiger partial charge in [0.1, 0.15) is 5.75 Å². The van der Waals surface area contributed by atoms with E-state index in [1.54, 1.807) is 36.7 Å². The Morgan fingerprint density at radius 1 is 1.13 bits per heavy atom. The van der Waals surface area contributed by atoms with Crippen LogP contribution in [0.3, 0.4) is 0 Å². The van der Waals surface area contributed by atoms with Gasteiger partial charge in [0, 0.05) is 56.8 Å². The molecule has 0 radical (unpaired) electrons. The second-order valence-electron chi connectivity index (χ2n) is 6.77. The maximum Gasteiger partial charge on any atom is 0.387 e. The molecule has 160 valence electrons. The fraction of sp³-hybridized carbons (Fsp3) is 0.381. The lowest BCUT2D eigenvalue weighted by molar-refractivity contribution is -0.116. The maximum atomic E-state index is 12.4. The van der Waals surface area contributed by atoms with Gasteiger partial charge in [-0.05, 0) is 31.2 Å². The normalized spacial score (nSPS) is 15.0. The van der Waals surface area contributed by atoms with Gasteiger partial charge in [-0.2, -0.15) is 8.78 Å². The van der Waals surface area contributed by atoms with E-state index in [0.717, 1.165) is 45.1 Å². The third-order valence-electron chi connectivity index (χ3n) is 4.71. The molecule has 2 heterocycles. The second-order valence-corrected chi connectivity index (χ2v) is 6.77. The number of carbonyl (C=O) groups is 1. The lowest BCUT2D eigenvalue weighted by Gasteiger charge is -2.34. The highest BCUT2D eigenvalue weighted by Gasteiger charge is 2.18. The van der Waals surface area contributed by atoms with Gasteiger partial charge in [0.05, 0.1) is 0 Å². The Hall–Kier alpha value is -3.07. The van der Waals surface area contributed by atoms with Crippen molar-refractivity contribution in [1.82, 2.24) is 20.2 Å². The van der Waals surface area contributed by atoms with E-state index in [-0.39, 0.29) is 11.7 Å². The first-order valence-electron chi connectivity index (χ1n) is 9.86. The summed E-state index contributed by atoms with van der Waals surface area (Å²) in [6, 6.07) is 8.15. The Bertz CT molecular complexity index is 827. The van der Waals surface area contributed by atoms with Gasteiger partial charge in [0.15, 0.2) is 0 Å². The molecule has 0 aliphatic carbocycles. The van der Waals surface area contributed by atoms with E-state index in [4.69, 9.17) is 0 Å². The topological polar surface area (TPSA) is 70.6 Å². The van der Waals surface area contributed by atoms with Gasteiger partial charge >= 0.3 is 6.61 Å². The molecule has 2 aromatic rings. The van der Waals surface area contributed by atoms with Crippen molar-refractivity contribution in [2.24, 2.45) is 0 Å². The minimum Gasteiger partial charge on any atom is -0.434 e. The van der Waals surface area contributed by atoms with Crippen LogP contribution >= 0.6 is 0 Å². The number of ether oxygens (including phenoxy) is 1. The molecular formula is C21H25F2N5O2. The number of anilines is 1. The Balaban J connectivity index is 1.34. The van der Waals surface area contributed by atoms with E-state index in [0.29, 0.717) is 12.1 Å². The van der Waals surface area contributed by atoms with Crippen molar-refractivity contribution in [2.45, 2.75) is 13.0 Å². The summed E-state index contributed by atoms with van der Waals surface area (Å²) in [4.78, 5) is 25.0. The van der Waals surface area contributed by atoms with E-state index in [1.807, 2.05) is 0 Å². The number of amides is 1. The SMILES string of the molecule is O=C(/C=C/c1ccccc1OC(F)F)NCCCN1CCN(c2ncccn2)CC1. The molecule has 30 heavy (non-hydrogen) atoms. The highest BCUT2D eigenvalue weighted by Crippen LogP contribution is 2.21. The number of aromatic nitrogens is 2. The minimum absolute atomic E-state index is 0.0385. The third kappa shape index (κ3) is 6.77.